The van der Waals surface area contributed by atoms with Crippen LogP contribution in [-0.4, -0.2) is 66.1 Å². The Kier molecular flexibility index (Phi) is 5.15. The molecule has 0 saturated carbocycles. The van der Waals surface area contributed by atoms with Gasteiger partial charge in [-0.05, 0) is 46.1 Å². The van der Waals surface area contributed by atoms with Crippen LogP contribution in [0.3, 0.4) is 0 Å². The van der Waals surface area contributed by atoms with Crippen LogP contribution in [0.4, 0.5) is 0 Å². The van der Waals surface area contributed by atoms with Crippen molar-refractivity contribution in [2.75, 3.05) is 39.9 Å². The smallest absolute Gasteiger partial charge is 0.255 e. The van der Waals surface area contributed by atoms with E-state index < -0.39 is 5.41 Å². The number of carbonyl (C=O) groups is 2. The van der Waals surface area contributed by atoms with Crippen molar-refractivity contribution in [2.24, 2.45) is 5.41 Å². The Bertz CT molecular complexity index is 676. The van der Waals surface area contributed by atoms with Crippen LogP contribution in [-0.2, 0) is 15.1 Å². The molecule has 0 aliphatic carbocycles. The number of methoxy groups -OCH3 is 1. The van der Waals surface area contributed by atoms with Gasteiger partial charge in [0.15, 0.2) is 0 Å². The monoisotopic (exact) mass is 361 g/mol. The first kappa shape index (κ1) is 19.0. The van der Waals surface area contributed by atoms with Gasteiger partial charge < -0.3 is 19.1 Å². The fourth-order valence-electron chi connectivity index (χ4n) is 4.11. The molecule has 1 atom stereocenters. The molecule has 0 aromatic carbocycles. The largest absolute Gasteiger partial charge is 0.383 e. The first-order chi connectivity index (χ1) is 12.3. The summed E-state index contributed by atoms with van der Waals surface area (Å²) < 4.78 is 7.19. The van der Waals surface area contributed by atoms with Gasteiger partial charge in [0, 0.05) is 51.2 Å². The third-order valence-corrected chi connectivity index (χ3v) is 5.75. The van der Waals surface area contributed by atoms with Gasteiger partial charge in [0.1, 0.15) is 0 Å². The minimum atomic E-state index is -0.395. The van der Waals surface area contributed by atoms with Gasteiger partial charge >= 0.3 is 0 Å². The maximum Gasteiger partial charge on any atom is 0.255 e. The lowest BCUT2D eigenvalue weighted by Gasteiger charge is -2.39. The van der Waals surface area contributed by atoms with Crippen molar-refractivity contribution < 1.29 is 14.3 Å². The average molecular weight is 361 g/mol. The first-order valence-electron chi connectivity index (χ1n) is 9.53. The summed E-state index contributed by atoms with van der Waals surface area (Å²) >= 11 is 0. The molecule has 0 unspecified atom stereocenters. The number of carbonyl (C=O) groups excluding carboxylic acids is 2. The van der Waals surface area contributed by atoms with Crippen molar-refractivity contribution in [3.8, 4) is 0 Å². The molecule has 1 spiro atoms. The van der Waals surface area contributed by atoms with Gasteiger partial charge in [-0.1, -0.05) is 0 Å². The lowest BCUT2D eigenvalue weighted by molar-refractivity contribution is -0.146. The van der Waals surface area contributed by atoms with Crippen LogP contribution >= 0.6 is 0 Å². The van der Waals surface area contributed by atoms with E-state index in [1.165, 1.54) is 0 Å². The second kappa shape index (κ2) is 7.06. The summed E-state index contributed by atoms with van der Waals surface area (Å²) in [6.07, 6.45) is 6.51. The Morgan fingerprint density at radius 1 is 1.27 bits per heavy atom. The molecule has 144 valence electrons. The van der Waals surface area contributed by atoms with Gasteiger partial charge in [-0.15, -0.1) is 0 Å². The maximum absolute atomic E-state index is 13.0. The van der Waals surface area contributed by atoms with E-state index in [9.17, 15) is 9.59 Å². The van der Waals surface area contributed by atoms with Crippen molar-refractivity contribution in [3.05, 3.63) is 24.0 Å². The number of likely N-dealkylation sites (tertiary alicyclic amines) is 2. The van der Waals surface area contributed by atoms with Crippen LogP contribution in [0, 0.1) is 5.41 Å². The SMILES string of the molecule is COCCN1CCC[C@]2(CCN(C(=O)c3ccn(C(C)(C)C)c3)C2)C1=O. The van der Waals surface area contributed by atoms with E-state index in [1.807, 2.05) is 28.3 Å². The number of hydrogen-bond donors (Lipinski definition) is 0. The standard InChI is InChI=1S/C20H31N3O3/c1-19(2,3)23-10-6-16(14-23)17(24)22-11-8-20(15-22)7-5-9-21(18(20)25)12-13-26-4/h6,10,14H,5,7-9,11-13,15H2,1-4H3/t20-/m1/s1. The van der Waals surface area contributed by atoms with E-state index in [2.05, 4.69) is 25.3 Å². The molecule has 1 aromatic heterocycles. The van der Waals surface area contributed by atoms with Gasteiger partial charge in [-0.3, -0.25) is 9.59 Å². The van der Waals surface area contributed by atoms with Crippen LogP contribution in [0.2, 0.25) is 0 Å². The van der Waals surface area contributed by atoms with Gasteiger partial charge in [0.2, 0.25) is 5.91 Å². The summed E-state index contributed by atoms with van der Waals surface area (Å²) in [5, 5.41) is 0. The number of piperidine rings is 1. The van der Waals surface area contributed by atoms with Crippen molar-refractivity contribution in [1.29, 1.82) is 0 Å². The minimum absolute atomic E-state index is 0.0340. The van der Waals surface area contributed by atoms with E-state index in [0.29, 0.717) is 31.8 Å². The van der Waals surface area contributed by atoms with Crippen molar-refractivity contribution >= 4 is 11.8 Å². The third-order valence-electron chi connectivity index (χ3n) is 5.75. The molecule has 2 aliphatic rings. The molecule has 1 aromatic rings. The average Bonchev–Trinajstić information content (AvgIpc) is 3.24. The zero-order valence-electron chi connectivity index (χ0n) is 16.5. The quantitative estimate of drug-likeness (QED) is 0.827. The fourth-order valence-corrected chi connectivity index (χ4v) is 4.11. The molecule has 6 nitrogen and oxygen atoms in total. The predicted molar refractivity (Wildman–Crippen MR) is 100 cm³/mol. The van der Waals surface area contributed by atoms with E-state index in [1.54, 1.807) is 7.11 Å². The summed E-state index contributed by atoms with van der Waals surface area (Å²) in [7, 11) is 1.66. The van der Waals surface area contributed by atoms with Crippen LogP contribution in [0.1, 0.15) is 50.4 Å². The lowest BCUT2D eigenvalue weighted by atomic mass is 9.78. The summed E-state index contributed by atoms with van der Waals surface area (Å²) in [6, 6.07) is 1.88. The molecule has 6 heteroatoms. The van der Waals surface area contributed by atoms with Crippen molar-refractivity contribution in [1.82, 2.24) is 14.4 Å². The molecule has 2 aliphatic heterocycles. The Hall–Kier alpha value is -1.82. The second-order valence-corrected chi connectivity index (χ2v) is 8.62. The Morgan fingerprint density at radius 3 is 2.69 bits per heavy atom. The van der Waals surface area contributed by atoms with Crippen molar-refractivity contribution in [2.45, 2.75) is 45.6 Å². The molecule has 2 fully saturated rings. The highest BCUT2D eigenvalue weighted by Gasteiger charge is 2.49. The molecule has 26 heavy (non-hydrogen) atoms. The number of aromatic nitrogens is 1. The van der Waals surface area contributed by atoms with E-state index in [0.717, 1.165) is 25.8 Å². The summed E-state index contributed by atoms with van der Waals surface area (Å²) in [6.45, 7) is 9.53. The van der Waals surface area contributed by atoms with Gasteiger partial charge in [-0.25, -0.2) is 0 Å². The Labute approximate surface area is 156 Å². The first-order valence-corrected chi connectivity index (χ1v) is 9.53. The van der Waals surface area contributed by atoms with Crippen LogP contribution in [0.25, 0.3) is 0 Å². The van der Waals surface area contributed by atoms with Gasteiger partial charge in [0.05, 0.1) is 17.6 Å². The summed E-state index contributed by atoms with van der Waals surface area (Å²) in [5.74, 6) is 0.232. The van der Waals surface area contributed by atoms with Crippen LogP contribution < -0.4 is 0 Å². The Balaban J connectivity index is 1.70. The maximum atomic E-state index is 13.0. The van der Waals surface area contributed by atoms with Gasteiger partial charge in [0.25, 0.3) is 5.91 Å². The van der Waals surface area contributed by atoms with E-state index in [-0.39, 0.29) is 17.4 Å². The van der Waals surface area contributed by atoms with Crippen LogP contribution in [0.15, 0.2) is 18.5 Å². The molecule has 3 heterocycles. The lowest BCUT2D eigenvalue weighted by Crippen LogP contribution is -2.51. The molecular weight excluding hydrogens is 330 g/mol. The number of amides is 2. The highest BCUT2D eigenvalue weighted by atomic mass is 16.5. The van der Waals surface area contributed by atoms with Crippen molar-refractivity contribution in [3.63, 3.8) is 0 Å². The van der Waals surface area contributed by atoms with Gasteiger partial charge in [-0.2, -0.15) is 0 Å². The topological polar surface area (TPSA) is 54.8 Å². The third kappa shape index (κ3) is 3.52. The normalized spacial score (nSPS) is 23.9. The van der Waals surface area contributed by atoms with E-state index in [4.69, 9.17) is 4.74 Å². The fraction of sp³-hybridized carbons (Fsp3) is 0.700. The number of rotatable bonds is 4. The van der Waals surface area contributed by atoms with E-state index >= 15 is 0 Å². The molecule has 0 N–H and O–H groups in total. The van der Waals surface area contributed by atoms with Crippen LogP contribution in [0.5, 0.6) is 0 Å². The number of hydrogen-bond acceptors (Lipinski definition) is 3. The Morgan fingerprint density at radius 2 is 2.04 bits per heavy atom. The molecule has 2 amide bonds. The molecular formula is C20H31N3O3. The second-order valence-electron chi connectivity index (χ2n) is 8.62. The highest BCUT2D eigenvalue weighted by Crippen LogP contribution is 2.40. The predicted octanol–water partition coefficient (Wildman–Crippen LogP) is 2.34. The molecule has 0 bridgehead atoms. The zero-order valence-corrected chi connectivity index (χ0v) is 16.5. The number of nitrogens with zero attached hydrogens (tertiary/aromatic N) is 3. The molecule has 0 radical (unpaired) electrons. The zero-order chi connectivity index (χ0) is 18.9. The molecule has 3 rings (SSSR count). The molecule has 2 saturated heterocycles. The minimum Gasteiger partial charge on any atom is -0.383 e. The summed E-state index contributed by atoms with van der Waals surface area (Å²) in [4.78, 5) is 29.7. The highest BCUT2D eigenvalue weighted by molar-refractivity contribution is 5.95. The number of ether oxygens (including phenoxy) is 1. The summed E-state index contributed by atoms with van der Waals surface area (Å²) in [5.41, 5.74) is 0.261.